The van der Waals surface area contributed by atoms with Crippen LogP contribution in [0.25, 0.3) is 0 Å². The molecule has 1 saturated carbocycles. The van der Waals surface area contributed by atoms with Crippen molar-refractivity contribution >= 4 is 5.97 Å². The Morgan fingerprint density at radius 1 is 1.18 bits per heavy atom. The number of hydrogen-bond donors (Lipinski definition) is 2. The molecule has 2 N–H and O–H groups in total. The third kappa shape index (κ3) is 1.60. The van der Waals surface area contributed by atoms with Gasteiger partial charge in [-0.25, -0.2) is 0 Å². The van der Waals surface area contributed by atoms with Crippen molar-refractivity contribution in [3.63, 3.8) is 0 Å². The van der Waals surface area contributed by atoms with Gasteiger partial charge in [-0.1, -0.05) is 12.8 Å². The van der Waals surface area contributed by atoms with E-state index in [1.807, 2.05) is 0 Å². The molecule has 3 rings (SSSR count). The van der Waals surface area contributed by atoms with Crippen molar-refractivity contribution in [2.75, 3.05) is 0 Å². The number of aliphatic carboxylic acids is 1. The third-order valence-electron chi connectivity index (χ3n) is 4.50. The zero-order valence-electron chi connectivity index (χ0n) is 10.1. The average molecular weight is 233 g/mol. The van der Waals surface area contributed by atoms with E-state index < -0.39 is 11.4 Å². The van der Waals surface area contributed by atoms with Crippen LogP contribution in [-0.2, 0) is 23.1 Å². The lowest BCUT2D eigenvalue weighted by Crippen LogP contribution is -2.33. The van der Waals surface area contributed by atoms with Crippen LogP contribution in [0.3, 0.4) is 0 Å². The summed E-state index contributed by atoms with van der Waals surface area (Å²) in [5.41, 5.74) is 3.00. The van der Waals surface area contributed by atoms with Crippen molar-refractivity contribution in [2.24, 2.45) is 0 Å². The Kier molecular flexibility index (Phi) is 2.49. The predicted molar refractivity (Wildman–Crippen MR) is 65.2 cm³/mol. The number of carboxylic acids is 1. The van der Waals surface area contributed by atoms with Gasteiger partial charge in [-0.05, 0) is 50.2 Å². The highest BCUT2D eigenvalue weighted by Gasteiger charge is 2.44. The first-order valence-corrected chi connectivity index (χ1v) is 6.67. The van der Waals surface area contributed by atoms with Crippen molar-refractivity contribution in [2.45, 2.75) is 56.8 Å². The van der Waals surface area contributed by atoms with Gasteiger partial charge < -0.3 is 10.1 Å². The van der Waals surface area contributed by atoms with Crippen molar-refractivity contribution in [1.29, 1.82) is 0 Å². The Labute approximate surface area is 101 Å². The van der Waals surface area contributed by atoms with Gasteiger partial charge in [0.2, 0.25) is 0 Å². The molecular weight excluding hydrogens is 214 g/mol. The molecule has 92 valence electrons. The maximum Gasteiger partial charge on any atom is 0.315 e. The van der Waals surface area contributed by atoms with E-state index in [-0.39, 0.29) is 0 Å². The molecule has 1 aromatic rings. The molecule has 1 aromatic heterocycles. The molecule has 0 amide bonds. The summed E-state index contributed by atoms with van der Waals surface area (Å²) >= 11 is 0. The van der Waals surface area contributed by atoms with Crippen LogP contribution in [0.2, 0.25) is 0 Å². The molecule has 0 atom stereocenters. The van der Waals surface area contributed by atoms with Crippen molar-refractivity contribution in [1.82, 2.24) is 4.98 Å². The molecule has 1 heterocycles. The summed E-state index contributed by atoms with van der Waals surface area (Å²) in [5, 5.41) is 9.56. The quantitative estimate of drug-likeness (QED) is 0.825. The minimum Gasteiger partial charge on any atom is -0.481 e. The average Bonchev–Trinajstić information content (AvgIpc) is 2.96. The first-order valence-electron chi connectivity index (χ1n) is 6.67. The monoisotopic (exact) mass is 233 g/mol. The van der Waals surface area contributed by atoms with E-state index in [9.17, 15) is 9.90 Å². The lowest BCUT2D eigenvalue weighted by Gasteiger charge is -2.22. The van der Waals surface area contributed by atoms with Gasteiger partial charge in [0.25, 0.3) is 0 Å². The van der Waals surface area contributed by atoms with Gasteiger partial charge in [-0.2, -0.15) is 0 Å². The van der Waals surface area contributed by atoms with Gasteiger partial charge in [0, 0.05) is 11.4 Å². The number of fused-ring (bicyclic) bond motifs is 1. The predicted octanol–water partition coefficient (Wildman–Crippen LogP) is 2.79. The molecule has 0 spiro atoms. The molecule has 0 unspecified atom stereocenters. The molecule has 0 bridgehead atoms. The highest BCUT2D eigenvalue weighted by molar-refractivity contribution is 5.81. The summed E-state index contributed by atoms with van der Waals surface area (Å²) in [6.45, 7) is 0. The minimum atomic E-state index is -0.645. The van der Waals surface area contributed by atoms with Gasteiger partial charge in [0.1, 0.15) is 5.41 Å². The molecular formula is C14H19NO2. The second-order valence-electron chi connectivity index (χ2n) is 5.49. The van der Waals surface area contributed by atoms with Crippen molar-refractivity contribution in [3.8, 4) is 0 Å². The van der Waals surface area contributed by atoms with Crippen LogP contribution in [0.5, 0.6) is 0 Å². The topological polar surface area (TPSA) is 53.1 Å². The first kappa shape index (κ1) is 10.9. The molecule has 0 saturated heterocycles. The summed E-state index contributed by atoms with van der Waals surface area (Å²) < 4.78 is 0. The van der Waals surface area contributed by atoms with Crippen molar-refractivity contribution < 1.29 is 9.90 Å². The third-order valence-corrected chi connectivity index (χ3v) is 4.50. The number of aryl methyl sites for hydroxylation is 2. The lowest BCUT2D eigenvalue weighted by atomic mass is 9.82. The van der Waals surface area contributed by atoms with Crippen LogP contribution < -0.4 is 0 Å². The molecule has 0 radical (unpaired) electrons. The number of hydrogen-bond acceptors (Lipinski definition) is 1. The zero-order valence-corrected chi connectivity index (χ0v) is 10.1. The fourth-order valence-corrected chi connectivity index (χ4v) is 3.44. The number of H-pyrrole nitrogens is 1. The Bertz CT molecular complexity index is 418. The van der Waals surface area contributed by atoms with E-state index in [0.29, 0.717) is 0 Å². The highest BCUT2D eigenvalue weighted by atomic mass is 16.4. The minimum absolute atomic E-state index is 0.614. The van der Waals surface area contributed by atoms with Crippen LogP contribution in [0.1, 0.15) is 55.5 Å². The molecule has 0 aliphatic heterocycles. The molecule has 17 heavy (non-hydrogen) atoms. The van der Waals surface area contributed by atoms with E-state index in [0.717, 1.165) is 44.2 Å². The zero-order chi connectivity index (χ0) is 11.9. The Morgan fingerprint density at radius 3 is 2.53 bits per heavy atom. The smallest absolute Gasteiger partial charge is 0.315 e. The van der Waals surface area contributed by atoms with Crippen LogP contribution in [0.15, 0.2) is 6.07 Å². The summed E-state index contributed by atoms with van der Waals surface area (Å²) in [5.74, 6) is -0.645. The van der Waals surface area contributed by atoms with Gasteiger partial charge in [0.05, 0.1) is 0 Å². The first-order chi connectivity index (χ1) is 8.22. The summed E-state index contributed by atoms with van der Waals surface area (Å²) in [6, 6.07) is 2.13. The van der Waals surface area contributed by atoms with Gasteiger partial charge >= 0.3 is 5.97 Å². The van der Waals surface area contributed by atoms with E-state index in [2.05, 4.69) is 11.1 Å². The van der Waals surface area contributed by atoms with E-state index in [4.69, 9.17) is 0 Å². The van der Waals surface area contributed by atoms with Gasteiger partial charge in [-0.3, -0.25) is 4.79 Å². The summed E-state index contributed by atoms with van der Waals surface area (Å²) in [4.78, 5) is 15.0. The Hall–Kier alpha value is -1.25. The van der Waals surface area contributed by atoms with Crippen LogP contribution in [-0.4, -0.2) is 16.1 Å². The highest BCUT2D eigenvalue weighted by Crippen LogP contribution is 2.42. The van der Waals surface area contributed by atoms with Crippen molar-refractivity contribution in [3.05, 3.63) is 23.0 Å². The molecule has 3 nitrogen and oxygen atoms in total. The lowest BCUT2D eigenvalue weighted by molar-refractivity contribution is -0.143. The van der Waals surface area contributed by atoms with E-state index in [1.54, 1.807) is 0 Å². The van der Waals surface area contributed by atoms with Gasteiger partial charge in [-0.15, -0.1) is 0 Å². The number of rotatable bonds is 2. The fraction of sp³-hybridized carbons (Fsp3) is 0.643. The largest absolute Gasteiger partial charge is 0.481 e. The molecule has 1 fully saturated rings. The summed E-state index contributed by atoms with van der Waals surface area (Å²) in [6.07, 6.45) is 8.33. The van der Waals surface area contributed by atoms with E-state index in [1.165, 1.54) is 24.1 Å². The second-order valence-corrected chi connectivity index (χ2v) is 5.49. The summed E-state index contributed by atoms with van der Waals surface area (Å²) in [7, 11) is 0. The standard InChI is InChI=1S/C14H19NO2/c16-13(17)14(7-3-4-8-14)12-9-10-5-1-2-6-11(10)15-12/h9,15H,1-8H2,(H,16,17). The second kappa shape index (κ2) is 3.90. The van der Waals surface area contributed by atoms with Gasteiger partial charge in [0.15, 0.2) is 0 Å². The molecule has 3 heteroatoms. The van der Waals surface area contributed by atoms with E-state index >= 15 is 0 Å². The number of aromatic amines is 1. The Balaban J connectivity index is 2.01. The molecule has 0 aromatic carbocycles. The normalized spacial score (nSPS) is 22.4. The SMILES string of the molecule is O=C(O)C1(c2cc3c([nH]2)CCCC3)CCCC1. The number of carboxylic acid groups (broad SMARTS) is 1. The maximum absolute atomic E-state index is 11.6. The number of carbonyl (C=O) groups is 1. The maximum atomic E-state index is 11.6. The molecule has 2 aliphatic rings. The van der Waals surface area contributed by atoms with Crippen LogP contribution in [0, 0.1) is 0 Å². The van der Waals surface area contributed by atoms with Crippen LogP contribution in [0.4, 0.5) is 0 Å². The van der Waals surface area contributed by atoms with Crippen LogP contribution >= 0.6 is 0 Å². The number of aromatic nitrogens is 1. The fourth-order valence-electron chi connectivity index (χ4n) is 3.44. The molecule has 2 aliphatic carbocycles. The Morgan fingerprint density at radius 2 is 1.88 bits per heavy atom. The number of nitrogens with one attached hydrogen (secondary N) is 1.